The van der Waals surface area contributed by atoms with Crippen LogP contribution < -0.4 is 10.2 Å². The van der Waals surface area contributed by atoms with E-state index in [0.29, 0.717) is 6.04 Å². The van der Waals surface area contributed by atoms with E-state index in [2.05, 4.69) is 40.2 Å². The van der Waals surface area contributed by atoms with E-state index in [0.717, 1.165) is 31.2 Å². The number of piperazine rings is 1. The summed E-state index contributed by atoms with van der Waals surface area (Å²) in [4.78, 5) is 6.80. The molecule has 2 aromatic rings. The van der Waals surface area contributed by atoms with Gasteiger partial charge in [-0.25, -0.2) is 4.52 Å². The fourth-order valence-corrected chi connectivity index (χ4v) is 2.22. The molecule has 0 aliphatic carbocycles. The van der Waals surface area contributed by atoms with Gasteiger partial charge in [-0.15, -0.1) is 5.10 Å². The second-order valence-corrected chi connectivity index (χ2v) is 4.72. The van der Waals surface area contributed by atoms with E-state index < -0.39 is 0 Å². The lowest BCUT2D eigenvalue weighted by atomic mass is 10.2. The second kappa shape index (κ2) is 4.00. The number of fused-ring (bicyclic) bond motifs is 1. The van der Waals surface area contributed by atoms with Gasteiger partial charge in [-0.3, -0.25) is 0 Å². The Balaban J connectivity index is 1.94. The van der Waals surface area contributed by atoms with E-state index in [4.69, 9.17) is 0 Å². The molecule has 3 rings (SSSR count). The van der Waals surface area contributed by atoms with Crippen LogP contribution in [0.5, 0.6) is 0 Å². The van der Waals surface area contributed by atoms with Crippen molar-refractivity contribution in [3.05, 3.63) is 23.9 Å². The molecule has 1 aliphatic heterocycles. The number of nitrogens with zero attached hydrogens (tertiary/aromatic N) is 4. The summed E-state index contributed by atoms with van der Waals surface area (Å²) in [7, 11) is 0. The van der Waals surface area contributed by atoms with E-state index in [1.54, 1.807) is 0 Å². The van der Waals surface area contributed by atoms with E-state index in [9.17, 15) is 0 Å². The monoisotopic (exact) mass is 231 g/mol. The molecule has 1 N–H and O–H groups in total. The van der Waals surface area contributed by atoms with E-state index in [-0.39, 0.29) is 0 Å². The van der Waals surface area contributed by atoms with Crippen LogP contribution in [0.2, 0.25) is 0 Å². The van der Waals surface area contributed by atoms with Crippen LogP contribution in [0.3, 0.4) is 0 Å². The average molecular weight is 231 g/mol. The van der Waals surface area contributed by atoms with Gasteiger partial charge in [0.25, 0.3) is 0 Å². The van der Waals surface area contributed by atoms with Gasteiger partial charge in [0.1, 0.15) is 0 Å². The van der Waals surface area contributed by atoms with Gasteiger partial charge in [-0.05, 0) is 25.5 Å². The fourth-order valence-electron chi connectivity index (χ4n) is 2.22. The first-order valence-corrected chi connectivity index (χ1v) is 6.04. The molecule has 5 heteroatoms. The Hall–Kier alpha value is -1.62. The van der Waals surface area contributed by atoms with Crippen LogP contribution in [0.25, 0.3) is 5.65 Å². The van der Waals surface area contributed by atoms with E-state index in [1.165, 1.54) is 5.56 Å². The quantitative estimate of drug-likeness (QED) is 0.790. The van der Waals surface area contributed by atoms with Gasteiger partial charge >= 0.3 is 0 Å². The van der Waals surface area contributed by atoms with Gasteiger partial charge < -0.3 is 10.2 Å². The molecule has 0 saturated carbocycles. The molecular formula is C12H17N5. The van der Waals surface area contributed by atoms with Gasteiger partial charge in [-0.1, -0.05) is 6.07 Å². The van der Waals surface area contributed by atoms with Crippen LogP contribution in [-0.4, -0.2) is 40.3 Å². The number of aryl methyl sites for hydroxylation is 1. The zero-order valence-corrected chi connectivity index (χ0v) is 10.2. The minimum Gasteiger partial charge on any atom is -0.337 e. The van der Waals surface area contributed by atoms with Crippen LogP contribution in [0.4, 0.5) is 5.95 Å². The number of nitrogens with one attached hydrogen (secondary N) is 1. The van der Waals surface area contributed by atoms with Crippen molar-refractivity contribution in [2.24, 2.45) is 0 Å². The molecule has 0 amide bonds. The van der Waals surface area contributed by atoms with Crippen LogP contribution in [0.15, 0.2) is 18.3 Å². The molecule has 1 fully saturated rings. The summed E-state index contributed by atoms with van der Waals surface area (Å²) in [5.41, 5.74) is 2.11. The van der Waals surface area contributed by atoms with Crippen LogP contribution in [0.1, 0.15) is 12.5 Å². The number of pyridine rings is 1. The zero-order chi connectivity index (χ0) is 11.8. The molecule has 5 nitrogen and oxygen atoms in total. The minimum absolute atomic E-state index is 0.497. The Kier molecular flexibility index (Phi) is 2.48. The summed E-state index contributed by atoms with van der Waals surface area (Å²) in [6, 6.07) is 4.57. The fraction of sp³-hybridized carbons (Fsp3) is 0.500. The molecule has 1 saturated heterocycles. The number of rotatable bonds is 1. The Bertz CT molecular complexity index is 533. The summed E-state index contributed by atoms with van der Waals surface area (Å²) in [6.45, 7) is 7.19. The Morgan fingerprint density at radius 3 is 3.12 bits per heavy atom. The Morgan fingerprint density at radius 2 is 2.29 bits per heavy atom. The lowest BCUT2D eigenvalue weighted by Crippen LogP contribution is -2.49. The van der Waals surface area contributed by atoms with Gasteiger partial charge in [-0.2, -0.15) is 4.98 Å². The summed E-state index contributed by atoms with van der Waals surface area (Å²) in [5, 5.41) is 7.96. The Labute approximate surface area is 100 Å². The van der Waals surface area contributed by atoms with Crippen LogP contribution in [-0.2, 0) is 0 Å². The Morgan fingerprint density at radius 1 is 1.41 bits per heavy atom. The maximum absolute atomic E-state index is 4.56. The lowest BCUT2D eigenvalue weighted by molar-refractivity contribution is 0.479. The highest BCUT2D eigenvalue weighted by molar-refractivity contribution is 5.45. The van der Waals surface area contributed by atoms with Crippen molar-refractivity contribution in [3.8, 4) is 0 Å². The maximum Gasteiger partial charge on any atom is 0.245 e. The molecule has 17 heavy (non-hydrogen) atoms. The molecule has 90 valence electrons. The molecular weight excluding hydrogens is 214 g/mol. The number of hydrogen-bond donors (Lipinski definition) is 1. The highest BCUT2D eigenvalue weighted by Gasteiger charge is 2.19. The van der Waals surface area contributed by atoms with Crippen LogP contribution >= 0.6 is 0 Å². The summed E-state index contributed by atoms with van der Waals surface area (Å²) >= 11 is 0. The van der Waals surface area contributed by atoms with Crippen molar-refractivity contribution in [2.75, 3.05) is 24.5 Å². The van der Waals surface area contributed by atoms with Crippen molar-refractivity contribution >= 4 is 11.6 Å². The van der Waals surface area contributed by atoms with Gasteiger partial charge in [0, 0.05) is 31.9 Å². The van der Waals surface area contributed by atoms with Crippen molar-refractivity contribution < 1.29 is 0 Å². The molecule has 0 aromatic carbocycles. The topological polar surface area (TPSA) is 45.5 Å². The summed E-state index contributed by atoms with van der Waals surface area (Å²) in [6.07, 6.45) is 2.01. The normalized spacial score (nSPS) is 21.1. The van der Waals surface area contributed by atoms with Gasteiger partial charge in [0.15, 0.2) is 5.65 Å². The van der Waals surface area contributed by atoms with Crippen molar-refractivity contribution in [1.29, 1.82) is 0 Å². The first-order chi connectivity index (χ1) is 8.22. The standard InChI is InChI=1S/C12H17N5/c1-9-3-4-11-14-12(15-17(11)7-9)16-6-5-13-10(2)8-16/h3-4,7,10,13H,5-6,8H2,1-2H3/t10-/m1/s1. The molecule has 0 unspecified atom stereocenters. The molecule has 1 atom stereocenters. The highest BCUT2D eigenvalue weighted by Crippen LogP contribution is 2.13. The second-order valence-electron chi connectivity index (χ2n) is 4.72. The first kappa shape index (κ1) is 10.5. The SMILES string of the molecule is Cc1ccc2nc(N3CCN[C@H](C)C3)nn2c1. The number of anilines is 1. The maximum atomic E-state index is 4.56. The van der Waals surface area contributed by atoms with Crippen LogP contribution in [0, 0.1) is 6.92 Å². The molecule has 1 aliphatic rings. The average Bonchev–Trinajstić information content (AvgIpc) is 2.72. The third-order valence-electron chi connectivity index (χ3n) is 3.12. The molecule has 3 heterocycles. The minimum atomic E-state index is 0.497. The number of aromatic nitrogens is 3. The van der Waals surface area contributed by atoms with Gasteiger partial charge in [0.2, 0.25) is 5.95 Å². The third kappa shape index (κ3) is 1.98. The predicted molar refractivity (Wildman–Crippen MR) is 67.4 cm³/mol. The first-order valence-electron chi connectivity index (χ1n) is 6.04. The van der Waals surface area contributed by atoms with Crippen molar-refractivity contribution in [3.63, 3.8) is 0 Å². The molecule has 0 spiro atoms. The highest BCUT2D eigenvalue weighted by atomic mass is 15.4. The summed E-state index contributed by atoms with van der Waals surface area (Å²) in [5.74, 6) is 0.837. The largest absolute Gasteiger partial charge is 0.337 e. The molecule has 2 aromatic heterocycles. The zero-order valence-electron chi connectivity index (χ0n) is 10.2. The third-order valence-corrected chi connectivity index (χ3v) is 3.12. The van der Waals surface area contributed by atoms with Crippen molar-refractivity contribution in [2.45, 2.75) is 19.9 Å². The smallest absolute Gasteiger partial charge is 0.245 e. The van der Waals surface area contributed by atoms with E-state index >= 15 is 0 Å². The van der Waals surface area contributed by atoms with Crippen molar-refractivity contribution in [1.82, 2.24) is 19.9 Å². The summed E-state index contributed by atoms with van der Waals surface area (Å²) < 4.78 is 1.86. The van der Waals surface area contributed by atoms with Gasteiger partial charge in [0.05, 0.1) is 0 Å². The molecule has 0 radical (unpaired) electrons. The van der Waals surface area contributed by atoms with E-state index in [1.807, 2.05) is 16.8 Å². The molecule has 0 bridgehead atoms. The lowest BCUT2D eigenvalue weighted by Gasteiger charge is -2.30. The predicted octanol–water partition coefficient (Wildman–Crippen LogP) is 0.836. The number of hydrogen-bond acceptors (Lipinski definition) is 4.